The van der Waals surface area contributed by atoms with E-state index in [9.17, 15) is 0 Å². The van der Waals surface area contributed by atoms with Gasteiger partial charge in [-0.15, -0.1) is 0 Å². The van der Waals surface area contributed by atoms with Gasteiger partial charge >= 0.3 is 0 Å². The van der Waals surface area contributed by atoms with E-state index in [2.05, 4.69) is 73.4 Å². The first kappa shape index (κ1) is 21.5. The van der Waals surface area contributed by atoms with Crippen LogP contribution in [-0.4, -0.2) is 6.61 Å². The van der Waals surface area contributed by atoms with Gasteiger partial charge in [-0.1, -0.05) is 62.3 Å². The maximum Gasteiger partial charge on any atom is 0.119 e. The standard InChI is InChI=1S/C30H34O/c1-3-5-6-23-9-14-26(15-10-23)27-16-11-24(12-17-27)7-8-25-13-18-29-22-30(31-4-2)20-19-28(29)21-25/h11-13,16-23,26H,3-6,9-10,14-15H2,1-2H3/t23-,26-. The first-order valence-corrected chi connectivity index (χ1v) is 12.0. The number of ether oxygens (including phenoxy) is 1. The highest BCUT2D eigenvalue weighted by molar-refractivity contribution is 5.85. The molecule has 0 radical (unpaired) electrons. The highest BCUT2D eigenvalue weighted by atomic mass is 16.5. The minimum Gasteiger partial charge on any atom is -0.494 e. The van der Waals surface area contributed by atoms with E-state index < -0.39 is 0 Å². The summed E-state index contributed by atoms with van der Waals surface area (Å²) in [5, 5.41) is 2.38. The van der Waals surface area contributed by atoms with Crippen LogP contribution in [0.1, 0.15) is 81.4 Å². The van der Waals surface area contributed by atoms with Crippen LogP contribution in [0.15, 0.2) is 60.7 Å². The summed E-state index contributed by atoms with van der Waals surface area (Å²) in [6.45, 7) is 5.00. The maximum absolute atomic E-state index is 5.60. The lowest BCUT2D eigenvalue weighted by molar-refractivity contribution is 0.304. The molecule has 3 aromatic rings. The molecule has 0 heterocycles. The minimum atomic E-state index is 0.689. The molecule has 160 valence electrons. The van der Waals surface area contributed by atoms with Crippen molar-refractivity contribution >= 4 is 10.8 Å². The van der Waals surface area contributed by atoms with Gasteiger partial charge in [-0.25, -0.2) is 0 Å². The number of rotatable bonds is 6. The van der Waals surface area contributed by atoms with Gasteiger partial charge in [0.1, 0.15) is 5.75 Å². The lowest BCUT2D eigenvalue weighted by atomic mass is 9.77. The fraction of sp³-hybridized carbons (Fsp3) is 0.400. The van der Waals surface area contributed by atoms with E-state index in [1.54, 1.807) is 0 Å². The van der Waals surface area contributed by atoms with Crippen molar-refractivity contribution in [3.8, 4) is 17.6 Å². The summed E-state index contributed by atoms with van der Waals surface area (Å²) in [4.78, 5) is 0. The molecule has 1 aliphatic carbocycles. The second-order valence-corrected chi connectivity index (χ2v) is 8.89. The number of hydrogen-bond acceptors (Lipinski definition) is 1. The number of benzene rings is 3. The molecule has 0 aromatic heterocycles. The Labute approximate surface area is 187 Å². The van der Waals surface area contributed by atoms with E-state index in [1.165, 1.54) is 61.3 Å². The van der Waals surface area contributed by atoms with Crippen LogP contribution in [0.2, 0.25) is 0 Å². The van der Waals surface area contributed by atoms with Crippen LogP contribution in [0, 0.1) is 17.8 Å². The lowest BCUT2D eigenvalue weighted by Crippen LogP contribution is -2.13. The van der Waals surface area contributed by atoms with Crippen molar-refractivity contribution < 1.29 is 4.74 Å². The first-order chi connectivity index (χ1) is 15.2. The summed E-state index contributed by atoms with van der Waals surface area (Å²) >= 11 is 0. The van der Waals surface area contributed by atoms with Crippen LogP contribution in [0.25, 0.3) is 10.8 Å². The molecule has 4 rings (SSSR count). The smallest absolute Gasteiger partial charge is 0.119 e. The van der Waals surface area contributed by atoms with Crippen LogP contribution < -0.4 is 4.74 Å². The molecule has 31 heavy (non-hydrogen) atoms. The van der Waals surface area contributed by atoms with Gasteiger partial charge in [-0.3, -0.25) is 0 Å². The molecule has 1 fully saturated rings. The van der Waals surface area contributed by atoms with Gasteiger partial charge in [0.15, 0.2) is 0 Å². The highest BCUT2D eigenvalue weighted by Gasteiger charge is 2.21. The fourth-order valence-electron chi connectivity index (χ4n) is 4.82. The van der Waals surface area contributed by atoms with Gasteiger partial charge in [0.05, 0.1) is 6.61 Å². The van der Waals surface area contributed by atoms with Crippen molar-refractivity contribution in [1.82, 2.24) is 0 Å². The van der Waals surface area contributed by atoms with Crippen LogP contribution in [-0.2, 0) is 0 Å². The van der Waals surface area contributed by atoms with E-state index in [0.29, 0.717) is 6.61 Å². The molecule has 0 bridgehead atoms. The fourth-order valence-corrected chi connectivity index (χ4v) is 4.82. The Balaban J connectivity index is 1.39. The van der Waals surface area contributed by atoms with E-state index in [1.807, 2.05) is 13.0 Å². The largest absolute Gasteiger partial charge is 0.494 e. The molecule has 0 spiro atoms. The van der Waals surface area contributed by atoms with Crippen molar-refractivity contribution in [2.24, 2.45) is 5.92 Å². The van der Waals surface area contributed by atoms with Crippen LogP contribution in [0.4, 0.5) is 0 Å². The Bertz CT molecular complexity index is 1040. The van der Waals surface area contributed by atoms with Crippen LogP contribution in [0.5, 0.6) is 5.75 Å². The molecular weight excluding hydrogens is 376 g/mol. The minimum absolute atomic E-state index is 0.689. The van der Waals surface area contributed by atoms with Gasteiger partial charge < -0.3 is 4.74 Å². The summed E-state index contributed by atoms with van der Waals surface area (Å²) in [5.41, 5.74) is 3.63. The molecule has 0 unspecified atom stereocenters. The third kappa shape index (κ3) is 5.71. The monoisotopic (exact) mass is 410 g/mol. The van der Waals surface area contributed by atoms with Gasteiger partial charge in [-0.05, 0) is 97.2 Å². The van der Waals surface area contributed by atoms with E-state index in [4.69, 9.17) is 4.74 Å². The Morgan fingerprint density at radius 3 is 2.19 bits per heavy atom. The second-order valence-electron chi connectivity index (χ2n) is 8.89. The molecule has 0 aliphatic heterocycles. The summed E-state index contributed by atoms with van der Waals surface area (Å²) in [6, 6.07) is 21.6. The van der Waals surface area contributed by atoms with E-state index in [0.717, 1.165) is 28.7 Å². The molecule has 0 saturated heterocycles. The Morgan fingerprint density at radius 2 is 1.45 bits per heavy atom. The molecule has 1 heteroatoms. The van der Waals surface area contributed by atoms with Crippen molar-refractivity contribution in [3.05, 3.63) is 77.4 Å². The third-order valence-electron chi connectivity index (χ3n) is 6.67. The van der Waals surface area contributed by atoms with Crippen LogP contribution >= 0.6 is 0 Å². The SMILES string of the molecule is CCCC[C@H]1CC[C@H](c2ccc(C#Cc3ccc4cc(OCC)ccc4c3)cc2)CC1. The van der Waals surface area contributed by atoms with Gasteiger partial charge in [0, 0.05) is 11.1 Å². The number of unbranched alkanes of at least 4 members (excludes halogenated alkanes) is 1. The highest BCUT2D eigenvalue weighted by Crippen LogP contribution is 2.37. The first-order valence-electron chi connectivity index (χ1n) is 12.0. The van der Waals surface area contributed by atoms with Crippen molar-refractivity contribution in [3.63, 3.8) is 0 Å². The molecule has 1 nitrogen and oxygen atoms in total. The summed E-state index contributed by atoms with van der Waals surface area (Å²) in [5.74, 6) is 9.30. The van der Waals surface area contributed by atoms with Gasteiger partial charge in [-0.2, -0.15) is 0 Å². The zero-order valence-electron chi connectivity index (χ0n) is 19.0. The Hall–Kier alpha value is -2.72. The topological polar surface area (TPSA) is 9.23 Å². The zero-order valence-corrected chi connectivity index (χ0v) is 19.0. The average molecular weight is 411 g/mol. The Kier molecular flexibility index (Phi) is 7.31. The van der Waals surface area contributed by atoms with Gasteiger partial charge in [0.2, 0.25) is 0 Å². The Morgan fingerprint density at radius 1 is 0.774 bits per heavy atom. The van der Waals surface area contributed by atoms with E-state index in [-0.39, 0.29) is 0 Å². The second kappa shape index (κ2) is 10.5. The maximum atomic E-state index is 5.60. The molecule has 0 atom stereocenters. The van der Waals surface area contributed by atoms with Gasteiger partial charge in [0.25, 0.3) is 0 Å². The molecule has 1 saturated carbocycles. The molecular formula is C30H34O. The molecule has 0 amide bonds. The lowest BCUT2D eigenvalue weighted by Gasteiger charge is -2.28. The van der Waals surface area contributed by atoms with Crippen molar-refractivity contribution in [2.75, 3.05) is 6.61 Å². The molecule has 3 aromatic carbocycles. The molecule has 1 aliphatic rings. The van der Waals surface area contributed by atoms with Crippen molar-refractivity contribution in [2.45, 2.75) is 64.7 Å². The normalized spacial score (nSPS) is 18.4. The third-order valence-corrected chi connectivity index (χ3v) is 6.67. The summed E-state index contributed by atoms with van der Waals surface area (Å²) < 4.78 is 5.60. The average Bonchev–Trinajstić information content (AvgIpc) is 2.82. The zero-order chi connectivity index (χ0) is 21.5. The van der Waals surface area contributed by atoms with E-state index >= 15 is 0 Å². The van der Waals surface area contributed by atoms with Crippen LogP contribution in [0.3, 0.4) is 0 Å². The molecule has 0 N–H and O–H groups in total. The quantitative estimate of drug-likeness (QED) is 0.373. The summed E-state index contributed by atoms with van der Waals surface area (Å²) in [6.07, 6.45) is 9.66. The predicted molar refractivity (Wildman–Crippen MR) is 132 cm³/mol. The number of hydrogen-bond donors (Lipinski definition) is 0. The predicted octanol–water partition coefficient (Wildman–Crippen LogP) is 8.10. The summed E-state index contributed by atoms with van der Waals surface area (Å²) in [7, 11) is 0. The van der Waals surface area contributed by atoms with Crippen molar-refractivity contribution in [1.29, 1.82) is 0 Å². The number of fused-ring (bicyclic) bond motifs is 1.